The van der Waals surface area contributed by atoms with Crippen LogP contribution in [0.1, 0.15) is 22.8 Å². The number of hydrogen-bond acceptors (Lipinski definition) is 3. The van der Waals surface area contributed by atoms with Gasteiger partial charge in [-0.2, -0.15) is 0 Å². The molecule has 0 aromatic carbocycles. The monoisotopic (exact) mass is 361 g/mol. The highest BCUT2D eigenvalue weighted by atomic mass is 16.5. The van der Waals surface area contributed by atoms with Gasteiger partial charge in [0.1, 0.15) is 11.5 Å². The summed E-state index contributed by atoms with van der Waals surface area (Å²) < 4.78 is 8.47. The van der Waals surface area contributed by atoms with Crippen molar-refractivity contribution in [2.75, 3.05) is 13.7 Å². The average Bonchev–Trinajstić information content (AvgIpc) is 2.92. The fraction of sp³-hybridized carbons (Fsp3) is 0.273. The number of methoxy groups -OCH3 is 1. The van der Waals surface area contributed by atoms with E-state index in [9.17, 15) is 4.79 Å². The van der Waals surface area contributed by atoms with Crippen molar-refractivity contribution in [3.63, 3.8) is 0 Å². The lowest BCUT2D eigenvalue weighted by Gasteiger charge is -2.17. The lowest BCUT2D eigenvalue weighted by Crippen LogP contribution is -2.21. The van der Waals surface area contributed by atoms with Crippen LogP contribution in [0.25, 0.3) is 16.8 Å². The number of nitrogens with zero attached hydrogens (tertiary/aromatic N) is 3. The summed E-state index contributed by atoms with van der Waals surface area (Å²) in [4.78, 5) is 16.4. The third-order valence-electron chi connectivity index (χ3n) is 4.72. The Balaban J connectivity index is 0.000000246. The lowest BCUT2D eigenvalue weighted by atomic mass is 9.88. The van der Waals surface area contributed by atoms with Crippen molar-refractivity contribution in [2.45, 2.75) is 27.3 Å². The summed E-state index contributed by atoms with van der Waals surface area (Å²) in [5, 5.41) is 0. The number of benzene rings is 1. The highest BCUT2D eigenvalue weighted by molar-refractivity contribution is 5.80. The van der Waals surface area contributed by atoms with Gasteiger partial charge in [0.05, 0.1) is 18.0 Å². The van der Waals surface area contributed by atoms with Crippen LogP contribution >= 0.6 is 0 Å². The van der Waals surface area contributed by atoms with Gasteiger partial charge in [0, 0.05) is 25.9 Å². The van der Waals surface area contributed by atoms with E-state index in [2.05, 4.69) is 36.0 Å². The van der Waals surface area contributed by atoms with Crippen LogP contribution in [0.15, 0.2) is 41.3 Å². The Morgan fingerprint density at radius 3 is 2.37 bits per heavy atom. The molecule has 138 valence electrons. The zero-order chi connectivity index (χ0) is 19.6. The predicted octanol–water partition coefficient (Wildman–Crippen LogP) is 3.25. The number of rotatable bonds is 4. The molecule has 2 aromatic heterocycles. The molecule has 0 spiro atoms. The Morgan fingerprint density at radius 1 is 1.19 bits per heavy atom. The number of hydrogen-bond donors (Lipinski definition) is 0. The number of terminal acetylenes is 1. The minimum atomic E-state index is -0.0747. The number of aromatic nitrogens is 3. The van der Waals surface area contributed by atoms with Crippen LogP contribution in [0.3, 0.4) is 0 Å². The molecule has 2 aliphatic carbocycles. The Morgan fingerprint density at radius 2 is 1.96 bits per heavy atom. The Labute approximate surface area is 159 Å². The SMILES string of the molecule is C#Cc1nc(C)n(-c2ccn(CCOC)c(=O)c2)c1C.Cc1cc2ccc1-2. The maximum atomic E-state index is 12.1. The molecule has 4 rings (SSSR count). The zero-order valence-electron chi connectivity index (χ0n) is 16.1. The van der Waals surface area contributed by atoms with Crippen molar-refractivity contribution in [1.82, 2.24) is 14.1 Å². The van der Waals surface area contributed by atoms with Gasteiger partial charge < -0.3 is 9.30 Å². The van der Waals surface area contributed by atoms with E-state index in [0.29, 0.717) is 18.8 Å². The highest BCUT2D eigenvalue weighted by Crippen LogP contribution is 2.35. The minimum Gasteiger partial charge on any atom is -0.383 e. The van der Waals surface area contributed by atoms with Crippen molar-refractivity contribution in [3.05, 3.63) is 69.7 Å². The van der Waals surface area contributed by atoms with Gasteiger partial charge >= 0.3 is 0 Å². The molecule has 0 saturated carbocycles. The molecule has 0 unspecified atom stereocenters. The maximum Gasteiger partial charge on any atom is 0.252 e. The molecule has 27 heavy (non-hydrogen) atoms. The first kappa shape index (κ1) is 18.7. The maximum absolute atomic E-state index is 12.1. The first-order valence-electron chi connectivity index (χ1n) is 8.79. The van der Waals surface area contributed by atoms with Gasteiger partial charge in [-0.05, 0) is 49.4 Å². The fourth-order valence-corrected chi connectivity index (χ4v) is 3.15. The normalized spacial score (nSPS) is 10.8. The van der Waals surface area contributed by atoms with E-state index in [1.165, 1.54) is 16.7 Å². The molecule has 2 aromatic rings. The van der Waals surface area contributed by atoms with Crippen LogP contribution in [0, 0.1) is 33.1 Å². The van der Waals surface area contributed by atoms with E-state index in [1.807, 2.05) is 24.5 Å². The highest BCUT2D eigenvalue weighted by Gasteiger charge is 2.12. The molecule has 0 N–H and O–H groups in total. The van der Waals surface area contributed by atoms with Gasteiger partial charge in [-0.25, -0.2) is 4.98 Å². The van der Waals surface area contributed by atoms with Gasteiger partial charge in [0.25, 0.3) is 5.56 Å². The van der Waals surface area contributed by atoms with Crippen LogP contribution < -0.4 is 5.56 Å². The Kier molecular flexibility index (Phi) is 5.29. The lowest BCUT2D eigenvalue weighted by molar-refractivity contribution is 0.186. The molecule has 0 radical (unpaired) electrons. The van der Waals surface area contributed by atoms with Crippen molar-refractivity contribution < 1.29 is 4.74 Å². The van der Waals surface area contributed by atoms with E-state index in [-0.39, 0.29) is 5.56 Å². The molecule has 0 fully saturated rings. The second kappa shape index (κ2) is 7.65. The largest absolute Gasteiger partial charge is 0.383 e. The second-order valence-corrected chi connectivity index (χ2v) is 6.51. The molecule has 0 aliphatic heterocycles. The molecule has 0 bridgehead atoms. The van der Waals surface area contributed by atoms with Gasteiger partial charge in [-0.3, -0.25) is 9.36 Å². The van der Waals surface area contributed by atoms with Gasteiger partial charge in [0.15, 0.2) is 0 Å². The average molecular weight is 361 g/mol. The summed E-state index contributed by atoms with van der Waals surface area (Å²) in [6, 6.07) is 9.96. The van der Waals surface area contributed by atoms with Crippen LogP contribution in [-0.4, -0.2) is 27.8 Å². The molecule has 0 amide bonds. The van der Waals surface area contributed by atoms with Crippen molar-refractivity contribution in [3.8, 4) is 29.2 Å². The summed E-state index contributed by atoms with van der Waals surface area (Å²) in [6.45, 7) is 6.94. The zero-order valence-corrected chi connectivity index (χ0v) is 16.1. The number of fused-ring (bicyclic) bond motifs is 1. The third-order valence-corrected chi connectivity index (χ3v) is 4.72. The smallest absolute Gasteiger partial charge is 0.252 e. The molecular weight excluding hydrogens is 338 g/mol. The van der Waals surface area contributed by atoms with E-state index >= 15 is 0 Å². The van der Waals surface area contributed by atoms with Crippen LogP contribution in [0.2, 0.25) is 0 Å². The molecule has 2 heterocycles. The summed E-state index contributed by atoms with van der Waals surface area (Å²) in [5.74, 6) is 3.32. The molecular formula is C22H23N3O2. The Bertz CT molecular complexity index is 1080. The fourth-order valence-electron chi connectivity index (χ4n) is 3.15. The van der Waals surface area contributed by atoms with E-state index in [1.54, 1.807) is 23.9 Å². The van der Waals surface area contributed by atoms with Crippen molar-refractivity contribution >= 4 is 0 Å². The van der Waals surface area contributed by atoms with Crippen LogP contribution in [0.5, 0.6) is 0 Å². The molecule has 0 saturated heterocycles. The molecule has 0 atom stereocenters. The topological polar surface area (TPSA) is 49.0 Å². The van der Waals surface area contributed by atoms with Crippen LogP contribution in [-0.2, 0) is 11.3 Å². The Hall–Kier alpha value is -3.10. The molecule has 5 heteroatoms. The number of aryl methyl sites for hydroxylation is 2. The number of pyridine rings is 1. The summed E-state index contributed by atoms with van der Waals surface area (Å²) >= 11 is 0. The van der Waals surface area contributed by atoms with Gasteiger partial charge in [-0.1, -0.05) is 18.2 Å². The van der Waals surface area contributed by atoms with E-state index in [0.717, 1.165) is 17.2 Å². The van der Waals surface area contributed by atoms with Crippen molar-refractivity contribution in [2.24, 2.45) is 0 Å². The van der Waals surface area contributed by atoms with E-state index in [4.69, 9.17) is 11.2 Å². The first-order valence-corrected chi connectivity index (χ1v) is 8.79. The molecule has 2 aliphatic rings. The van der Waals surface area contributed by atoms with Gasteiger partial charge in [-0.15, -0.1) is 6.42 Å². The van der Waals surface area contributed by atoms with Crippen LogP contribution in [0.4, 0.5) is 0 Å². The number of ether oxygens (including phenoxy) is 1. The third kappa shape index (κ3) is 3.57. The van der Waals surface area contributed by atoms with E-state index < -0.39 is 0 Å². The van der Waals surface area contributed by atoms with Crippen molar-refractivity contribution in [1.29, 1.82) is 0 Å². The minimum absolute atomic E-state index is 0.0747. The second-order valence-electron chi connectivity index (χ2n) is 6.51. The summed E-state index contributed by atoms with van der Waals surface area (Å²) in [6.07, 6.45) is 7.17. The predicted molar refractivity (Wildman–Crippen MR) is 107 cm³/mol. The summed E-state index contributed by atoms with van der Waals surface area (Å²) in [5.41, 5.74) is 6.52. The quantitative estimate of drug-likeness (QED) is 0.524. The first-order chi connectivity index (χ1) is 13.0. The standard InChI is InChI=1S/C15H17N3O2.C7H6/c1-5-14-11(2)18(12(3)16-14)13-6-7-17(8-9-20-4)15(19)10-13;1-5-4-6-2-3-7(5)6/h1,6-7,10H,8-9H2,2-4H3;2-4H,1H3. The molecule has 5 nitrogen and oxygen atoms in total. The summed E-state index contributed by atoms with van der Waals surface area (Å²) in [7, 11) is 1.61. The number of imidazole rings is 1. The van der Waals surface area contributed by atoms with Gasteiger partial charge in [0.2, 0.25) is 0 Å².